The van der Waals surface area contributed by atoms with E-state index in [0.29, 0.717) is 16.8 Å². The summed E-state index contributed by atoms with van der Waals surface area (Å²) in [5.74, 6) is -0.490. The Hall–Kier alpha value is -2.43. The monoisotopic (exact) mass is 395 g/mol. The highest BCUT2D eigenvalue weighted by Crippen LogP contribution is 2.32. The van der Waals surface area contributed by atoms with Gasteiger partial charge in [0.15, 0.2) is 5.60 Å². The van der Waals surface area contributed by atoms with Crippen LogP contribution in [0.4, 0.5) is 5.69 Å². The van der Waals surface area contributed by atoms with Gasteiger partial charge in [-0.2, -0.15) is 0 Å². The molecule has 126 valence electrons. The number of hydrogen-bond acceptors (Lipinski definition) is 2. The van der Waals surface area contributed by atoms with Crippen LogP contribution in [0.5, 0.6) is 0 Å². The van der Waals surface area contributed by atoms with Crippen LogP contribution in [0.1, 0.15) is 16.7 Å². The summed E-state index contributed by atoms with van der Waals surface area (Å²) in [5.41, 5.74) is 0.841. The van der Waals surface area contributed by atoms with Crippen molar-refractivity contribution in [1.82, 2.24) is 0 Å². The van der Waals surface area contributed by atoms with E-state index < -0.39 is 11.5 Å². The standard InChI is InChI=1S/C21H18BrNO2/c1-15-14-18(22)12-13-19(15)23-20(24)21(25,16-8-4-2-5-9-16)17-10-6-3-7-11-17/h2-14,25H,1H3,(H,23,24). The van der Waals surface area contributed by atoms with Gasteiger partial charge in [-0.05, 0) is 41.8 Å². The highest BCUT2D eigenvalue weighted by molar-refractivity contribution is 9.10. The van der Waals surface area contributed by atoms with E-state index in [1.54, 1.807) is 48.5 Å². The third-order valence-corrected chi connectivity index (χ3v) is 4.64. The zero-order valence-electron chi connectivity index (χ0n) is 13.7. The van der Waals surface area contributed by atoms with Gasteiger partial charge in [-0.15, -0.1) is 0 Å². The molecule has 0 aliphatic carbocycles. The van der Waals surface area contributed by atoms with Crippen LogP contribution in [0.3, 0.4) is 0 Å². The second kappa shape index (κ2) is 7.21. The molecule has 1 amide bonds. The topological polar surface area (TPSA) is 49.3 Å². The minimum atomic E-state index is -1.78. The molecule has 3 rings (SSSR count). The van der Waals surface area contributed by atoms with Crippen molar-refractivity contribution >= 4 is 27.5 Å². The van der Waals surface area contributed by atoms with E-state index in [-0.39, 0.29) is 0 Å². The molecule has 2 N–H and O–H groups in total. The van der Waals surface area contributed by atoms with Crippen LogP contribution in [0.25, 0.3) is 0 Å². The number of hydrogen-bond donors (Lipinski definition) is 2. The van der Waals surface area contributed by atoms with E-state index in [1.165, 1.54) is 0 Å². The summed E-state index contributed by atoms with van der Waals surface area (Å²) >= 11 is 3.41. The molecule has 0 radical (unpaired) electrons. The lowest BCUT2D eigenvalue weighted by Gasteiger charge is -2.28. The van der Waals surface area contributed by atoms with Gasteiger partial charge < -0.3 is 10.4 Å². The van der Waals surface area contributed by atoms with Crippen LogP contribution in [-0.4, -0.2) is 11.0 Å². The van der Waals surface area contributed by atoms with Crippen molar-refractivity contribution in [2.24, 2.45) is 0 Å². The Morgan fingerprint density at radius 2 is 1.44 bits per heavy atom. The van der Waals surface area contributed by atoms with Crippen molar-refractivity contribution in [3.63, 3.8) is 0 Å². The van der Waals surface area contributed by atoms with E-state index in [2.05, 4.69) is 21.2 Å². The number of nitrogens with one attached hydrogen (secondary N) is 1. The number of aliphatic hydroxyl groups is 1. The lowest BCUT2D eigenvalue weighted by Crippen LogP contribution is -2.41. The predicted octanol–water partition coefficient (Wildman–Crippen LogP) is 4.63. The Labute approximate surface area is 155 Å². The van der Waals surface area contributed by atoms with Crippen LogP contribution in [0.15, 0.2) is 83.3 Å². The van der Waals surface area contributed by atoms with Crippen molar-refractivity contribution in [2.75, 3.05) is 5.32 Å². The van der Waals surface area contributed by atoms with Crippen LogP contribution in [-0.2, 0) is 10.4 Å². The van der Waals surface area contributed by atoms with Gasteiger partial charge in [0.2, 0.25) is 0 Å². The van der Waals surface area contributed by atoms with Crippen molar-refractivity contribution < 1.29 is 9.90 Å². The van der Waals surface area contributed by atoms with Gasteiger partial charge in [-0.3, -0.25) is 4.79 Å². The molecule has 0 aliphatic rings. The van der Waals surface area contributed by atoms with Gasteiger partial charge in [-0.1, -0.05) is 76.6 Å². The zero-order valence-corrected chi connectivity index (χ0v) is 15.3. The zero-order chi connectivity index (χ0) is 17.9. The third kappa shape index (κ3) is 3.50. The number of benzene rings is 3. The molecule has 3 nitrogen and oxygen atoms in total. The molecular weight excluding hydrogens is 378 g/mol. The number of anilines is 1. The number of carbonyl (C=O) groups is 1. The first-order valence-electron chi connectivity index (χ1n) is 7.93. The maximum absolute atomic E-state index is 13.1. The summed E-state index contributed by atoms with van der Waals surface area (Å²) in [6, 6.07) is 23.5. The van der Waals surface area contributed by atoms with Crippen molar-refractivity contribution in [3.8, 4) is 0 Å². The SMILES string of the molecule is Cc1cc(Br)ccc1NC(=O)C(O)(c1ccccc1)c1ccccc1. The van der Waals surface area contributed by atoms with E-state index in [0.717, 1.165) is 10.0 Å². The van der Waals surface area contributed by atoms with E-state index in [1.807, 2.05) is 37.3 Å². The normalized spacial score (nSPS) is 11.2. The number of amides is 1. The maximum atomic E-state index is 13.1. The highest BCUT2D eigenvalue weighted by Gasteiger charge is 2.40. The quantitative estimate of drug-likeness (QED) is 0.676. The van der Waals surface area contributed by atoms with Crippen molar-refractivity contribution in [3.05, 3.63) is 100 Å². The Kier molecular flexibility index (Phi) is 5.02. The lowest BCUT2D eigenvalue weighted by molar-refractivity contribution is -0.131. The van der Waals surface area contributed by atoms with Gasteiger partial charge in [-0.25, -0.2) is 0 Å². The van der Waals surface area contributed by atoms with E-state index in [9.17, 15) is 9.90 Å². The predicted molar refractivity (Wildman–Crippen MR) is 103 cm³/mol. The fraction of sp³-hybridized carbons (Fsp3) is 0.0952. The molecule has 0 spiro atoms. The van der Waals surface area contributed by atoms with Crippen molar-refractivity contribution in [2.45, 2.75) is 12.5 Å². The van der Waals surface area contributed by atoms with E-state index in [4.69, 9.17) is 0 Å². The van der Waals surface area contributed by atoms with Gasteiger partial charge in [0.1, 0.15) is 0 Å². The minimum absolute atomic E-state index is 0.490. The average Bonchev–Trinajstić information content (AvgIpc) is 2.64. The van der Waals surface area contributed by atoms with Crippen LogP contribution in [0.2, 0.25) is 0 Å². The fourth-order valence-electron chi connectivity index (χ4n) is 2.77. The molecule has 25 heavy (non-hydrogen) atoms. The van der Waals surface area contributed by atoms with Crippen molar-refractivity contribution in [1.29, 1.82) is 0 Å². The molecule has 0 fully saturated rings. The molecule has 3 aromatic carbocycles. The number of carbonyl (C=O) groups excluding carboxylic acids is 1. The van der Waals surface area contributed by atoms with Crippen LogP contribution in [0, 0.1) is 6.92 Å². The first-order chi connectivity index (χ1) is 12.0. The summed E-state index contributed by atoms with van der Waals surface area (Å²) in [6.07, 6.45) is 0. The molecule has 4 heteroatoms. The molecule has 0 saturated heterocycles. The van der Waals surface area contributed by atoms with Gasteiger partial charge in [0.25, 0.3) is 5.91 Å². The Morgan fingerprint density at radius 1 is 0.920 bits per heavy atom. The molecule has 0 aromatic heterocycles. The number of rotatable bonds is 4. The van der Waals surface area contributed by atoms with Gasteiger partial charge in [0, 0.05) is 10.2 Å². The molecule has 0 saturated carbocycles. The van der Waals surface area contributed by atoms with Gasteiger partial charge in [0.05, 0.1) is 0 Å². The average molecular weight is 396 g/mol. The smallest absolute Gasteiger partial charge is 0.265 e. The summed E-state index contributed by atoms with van der Waals surface area (Å²) < 4.78 is 0.935. The second-order valence-electron chi connectivity index (χ2n) is 5.86. The van der Waals surface area contributed by atoms with Gasteiger partial charge >= 0.3 is 0 Å². The second-order valence-corrected chi connectivity index (χ2v) is 6.77. The van der Waals surface area contributed by atoms with E-state index >= 15 is 0 Å². The molecular formula is C21H18BrNO2. The van der Waals surface area contributed by atoms with Crippen LogP contribution >= 0.6 is 15.9 Å². The number of aryl methyl sites for hydroxylation is 1. The Morgan fingerprint density at radius 3 is 1.92 bits per heavy atom. The Balaban J connectivity index is 2.04. The maximum Gasteiger partial charge on any atom is 0.265 e. The Bertz CT molecular complexity index is 839. The summed E-state index contributed by atoms with van der Waals surface area (Å²) in [5, 5.41) is 14.3. The minimum Gasteiger partial charge on any atom is -0.372 e. The van der Waals surface area contributed by atoms with Crippen LogP contribution < -0.4 is 5.32 Å². The first kappa shape index (κ1) is 17.4. The molecule has 0 bridgehead atoms. The molecule has 0 heterocycles. The third-order valence-electron chi connectivity index (χ3n) is 4.15. The lowest BCUT2D eigenvalue weighted by atomic mass is 9.85. The molecule has 0 unspecified atom stereocenters. The molecule has 0 aliphatic heterocycles. The summed E-state index contributed by atoms with van der Waals surface area (Å²) in [6.45, 7) is 1.91. The molecule has 3 aromatic rings. The highest BCUT2D eigenvalue weighted by atomic mass is 79.9. The largest absolute Gasteiger partial charge is 0.372 e. The number of halogens is 1. The fourth-order valence-corrected chi connectivity index (χ4v) is 3.24. The first-order valence-corrected chi connectivity index (χ1v) is 8.72. The molecule has 0 atom stereocenters. The summed E-state index contributed by atoms with van der Waals surface area (Å²) in [4.78, 5) is 13.1. The summed E-state index contributed by atoms with van der Waals surface area (Å²) in [7, 11) is 0.